The molecule has 2 rings (SSSR count). The second kappa shape index (κ2) is 2.72. The average Bonchev–Trinajstić information content (AvgIpc) is 2.12. The first-order chi connectivity index (χ1) is 5.79. The number of hydrogen-bond donors (Lipinski definition) is 1. The summed E-state index contributed by atoms with van der Waals surface area (Å²) in [6.07, 6.45) is 1.95. The number of H-pyrrole nitrogens is 1. The van der Waals surface area contributed by atoms with Gasteiger partial charge in [-0.05, 0) is 18.6 Å². The summed E-state index contributed by atoms with van der Waals surface area (Å²) in [5, 5.41) is 1.13. The lowest BCUT2D eigenvalue weighted by atomic mass is 10.2. The first-order valence-corrected chi connectivity index (χ1v) is 4.27. The van der Waals surface area contributed by atoms with Crippen molar-refractivity contribution in [3.05, 3.63) is 40.5 Å². The fourth-order valence-corrected chi connectivity index (χ4v) is 1.51. The van der Waals surface area contributed by atoms with Crippen LogP contribution in [0.5, 0.6) is 0 Å². The van der Waals surface area contributed by atoms with Gasteiger partial charge in [0.15, 0.2) is 0 Å². The van der Waals surface area contributed by atoms with Crippen molar-refractivity contribution in [1.82, 2.24) is 4.98 Å². The van der Waals surface area contributed by atoms with Gasteiger partial charge in [0.2, 0.25) is 0 Å². The van der Waals surface area contributed by atoms with Gasteiger partial charge in [0.05, 0.1) is 4.51 Å². The Morgan fingerprint density at radius 2 is 2.00 bits per heavy atom. The van der Waals surface area contributed by atoms with E-state index in [4.69, 9.17) is 12.2 Å². The smallest absolute Gasteiger partial charge is 0.0514 e. The van der Waals surface area contributed by atoms with Gasteiger partial charge in [-0.2, -0.15) is 0 Å². The molecule has 1 nitrogen and oxygen atoms in total. The molecular weight excluding hydrogens is 166 g/mol. The van der Waals surface area contributed by atoms with Crippen molar-refractivity contribution in [1.29, 1.82) is 0 Å². The first kappa shape index (κ1) is 7.50. The molecule has 0 fully saturated rings. The summed E-state index contributed by atoms with van der Waals surface area (Å²) in [6.45, 7) is 2.02. The molecule has 2 aromatic rings. The van der Waals surface area contributed by atoms with Crippen LogP contribution in [-0.4, -0.2) is 4.98 Å². The van der Waals surface area contributed by atoms with Crippen LogP contribution < -0.4 is 0 Å². The van der Waals surface area contributed by atoms with E-state index in [0.29, 0.717) is 0 Å². The molecule has 0 radical (unpaired) electrons. The van der Waals surface area contributed by atoms with Crippen LogP contribution in [-0.2, 0) is 0 Å². The number of nitrogens with one attached hydrogen (secondary N) is 1. The zero-order chi connectivity index (χ0) is 8.55. The average molecular weight is 175 g/mol. The number of para-hydroxylation sites is 1. The molecule has 12 heavy (non-hydrogen) atoms. The Morgan fingerprint density at radius 1 is 1.25 bits per heavy atom. The standard InChI is InChI=1S/C10H9NS/c1-7-6-11-9-5-3-2-4-8(9)10(7)12/h2-6H,1H3,(H,11,12). The molecule has 2 heteroatoms. The van der Waals surface area contributed by atoms with E-state index in [9.17, 15) is 0 Å². The monoisotopic (exact) mass is 175 g/mol. The summed E-state index contributed by atoms with van der Waals surface area (Å²) < 4.78 is 0.948. The van der Waals surface area contributed by atoms with Gasteiger partial charge >= 0.3 is 0 Å². The SMILES string of the molecule is Cc1c[nH]c2ccccc2c1=S. The molecule has 0 aliphatic heterocycles. The van der Waals surface area contributed by atoms with Gasteiger partial charge in [0.1, 0.15) is 0 Å². The molecule has 0 amide bonds. The van der Waals surface area contributed by atoms with Gasteiger partial charge in [-0.25, -0.2) is 0 Å². The third-order valence-electron chi connectivity index (χ3n) is 1.97. The van der Waals surface area contributed by atoms with Gasteiger partial charge in [-0.3, -0.25) is 0 Å². The Kier molecular flexibility index (Phi) is 1.70. The number of rotatable bonds is 0. The number of aryl methyl sites for hydroxylation is 1. The molecule has 1 aromatic carbocycles. The van der Waals surface area contributed by atoms with Crippen molar-refractivity contribution >= 4 is 23.1 Å². The lowest BCUT2D eigenvalue weighted by molar-refractivity contribution is 1.32. The van der Waals surface area contributed by atoms with E-state index in [-0.39, 0.29) is 0 Å². The predicted octanol–water partition coefficient (Wildman–Crippen LogP) is 3.21. The molecule has 0 bridgehead atoms. The third kappa shape index (κ3) is 1.04. The Bertz CT molecular complexity index is 470. The molecule has 1 heterocycles. The van der Waals surface area contributed by atoms with Crippen molar-refractivity contribution in [3.8, 4) is 0 Å². The van der Waals surface area contributed by atoms with Crippen LogP contribution in [0.4, 0.5) is 0 Å². The summed E-state index contributed by atoms with van der Waals surface area (Å²) in [5.74, 6) is 0. The minimum Gasteiger partial charge on any atom is -0.361 e. The molecule has 0 spiro atoms. The largest absolute Gasteiger partial charge is 0.361 e. The van der Waals surface area contributed by atoms with E-state index in [1.807, 2.05) is 37.4 Å². The quantitative estimate of drug-likeness (QED) is 0.608. The first-order valence-electron chi connectivity index (χ1n) is 3.86. The minimum atomic E-state index is 0.948. The molecule has 0 saturated carbocycles. The molecule has 60 valence electrons. The zero-order valence-electron chi connectivity index (χ0n) is 6.79. The van der Waals surface area contributed by atoms with Gasteiger partial charge < -0.3 is 4.98 Å². The second-order valence-corrected chi connectivity index (χ2v) is 3.25. The molecular formula is C10H9NS. The highest BCUT2D eigenvalue weighted by Gasteiger charge is 1.95. The molecule has 0 aliphatic rings. The van der Waals surface area contributed by atoms with Crippen molar-refractivity contribution < 1.29 is 0 Å². The maximum Gasteiger partial charge on any atom is 0.0514 e. The van der Waals surface area contributed by atoms with Gasteiger partial charge in [-0.1, -0.05) is 30.4 Å². The summed E-state index contributed by atoms with van der Waals surface area (Å²) >= 11 is 5.27. The van der Waals surface area contributed by atoms with Crippen LogP contribution in [0, 0.1) is 11.4 Å². The van der Waals surface area contributed by atoms with Crippen LogP contribution in [0.1, 0.15) is 5.56 Å². The molecule has 0 aliphatic carbocycles. The summed E-state index contributed by atoms with van der Waals surface area (Å²) in [4.78, 5) is 3.19. The molecule has 0 saturated heterocycles. The minimum absolute atomic E-state index is 0.948. The Hall–Kier alpha value is -1.15. The highest BCUT2D eigenvalue weighted by Crippen LogP contribution is 2.14. The van der Waals surface area contributed by atoms with Crippen LogP contribution >= 0.6 is 12.2 Å². The summed E-state index contributed by atoms with van der Waals surface area (Å²) in [5.41, 5.74) is 2.23. The molecule has 1 N–H and O–H groups in total. The van der Waals surface area contributed by atoms with E-state index in [1.54, 1.807) is 0 Å². The normalized spacial score (nSPS) is 10.4. The summed E-state index contributed by atoms with van der Waals surface area (Å²) in [7, 11) is 0. The van der Waals surface area contributed by atoms with E-state index < -0.39 is 0 Å². The highest BCUT2D eigenvalue weighted by atomic mass is 32.1. The fraction of sp³-hybridized carbons (Fsp3) is 0.100. The summed E-state index contributed by atoms with van der Waals surface area (Å²) in [6, 6.07) is 8.08. The third-order valence-corrected chi connectivity index (χ3v) is 2.52. The number of aromatic nitrogens is 1. The zero-order valence-corrected chi connectivity index (χ0v) is 7.61. The van der Waals surface area contributed by atoms with Crippen LogP contribution in [0.3, 0.4) is 0 Å². The number of aromatic amines is 1. The van der Waals surface area contributed by atoms with Crippen LogP contribution in [0.2, 0.25) is 0 Å². The van der Waals surface area contributed by atoms with Crippen molar-refractivity contribution in [3.63, 3.8) is 0 Å². The maximum atomic E-state index is 5.27. The van der Waals surface area contributed by atoms with E-state index in [0.717, 1.165) is 21.0 Å². The predicted molar refractivity (Wildman–Crippen MR) is 53.9 cm³/mol. The van der Waals surface area contributed by atoms with Gasteiger partial charge in [0, 0.05) is 17.1 Å². The topological polar surface area (TPSA) is 15.8 Å². The lowest BCUT2D eigenvalue weighted by Gasteiger charge is -1.99. The van der Waals surface area contributed by atoms with Gasteiger partial charge in [0.25, 0.3) is 0 Å². The lowest BCUT2D eigenvalue weighted by Crippen LogP contribution is -1.82. The van der Waals surface area contributed by atoms with Crippen LogP contribution in [0.15, 0.2) is 30.5 Å². The maximum absolute atomic E-state index is 5.27. The van der Waals surface area contributed by atoms with Crippen molar-refractivity contribution in [2.75, 3.05) is 0 Å². The van der Waals surface area contributed by atoms with E-state index in [1.165, 1.54) is 0 Å². The van der Waals surface area contributed by atoms with Gasteiger partial charge in [-0.15, -0.1) is 0 Å². The number of pyridine rings is 1. The van der Waals surface area contributed by atoms with E-state index >= 15 is 0 Å². The number of benzene rings is 1. The number of fused-ring (bicyclic) bond motifs is 1. The number of hydrogen-bond acceptors (Lipinski definition) is 1. The highest BCUT2D eigenvalue weighted by molar-refractivity contribution is 7.71. The van der Waals surface area contributed by atoms with Crippen LogP contribution in [0.25, 0.3) is 10.9 Å². The Balaban J connectivity index is 3.01. The second-order valence-electron chi connectivity index (χ2n) is 2.85. The molecule has 0 atom stereocenters. The van der Waals surface area contributed by atoms with E-state index in [2.05, 4.69) is 4.98 Å². The van der Waals surface area contributed by atoms with Crippen molar-refractivity contribution in [2.24, 2.45) is 0 Å². The molecule has 1 aromatic heterocycles. The molecule has 0 unspecified atom stereocenters. The fourth-order valence-electron chi connectivity index (χ4n) is 1.27. The Morgan fingerprint density at radius 3 is 2.83 bits per heavy atom. The Labute approximate surface area is 76.1 Å². The van der Waals surface area contributed by atoms with Crippen molar-refractivity contribution in [2.45, 2.75) is 6.92 Å².